The Kier molecular flexibility index (Phi) is 4.03. The van der Waals surface area contributed by atoms with Crippen LogP contribution >= 0.6 is 0 Å². The van der Waals surface area contributed by atoms with Crippen LogP contribution < -0.4 is 15.7 Å². The number of ether oxygens (including phenoxy) is 1. The molecule has 1 aliphatic rings. The predicted octanol–water partition coefficient (Wildman–Crippen LogP) is 1.74. The van der Waals surface area contributed by atoms with Gasteiger partial charge in [0.1, 0.15) is 12.4 Å². The van der Waals surface area contributed by atoms with E-state index in [0.717, 1.165) is 27.9 Å². The molecule has 0 spiro atoms. The maximum absolute atomic E-state index is 12.5. The molecular weight excluding hydrogens is 330 g/mol. The van der Waals surface area contributed by atoms with E-state index in [1.54, 1.807) is 23.2 Å². The minimum Gasteiger partial charge on any atom is -0.492 e. The molecule has 1 aliphatic heterocycles. The number of carbonyl (C=O) groups is 1. The molecule has 0 radical (unpaired) electrons. The minimum absolute atomic E-state index is 0.0125. The Morgan fingerprint density at radius 3 is 2.77 bits per heavy atom. The topological polar surface area (TPSA) is 65.3 Å². The van der Waals surface area contributed by atoms with E-state index in [2.05, 4.69) is 5.32 Å². The zero-order valence-corrected chi connectivity index (χ0v) is 14.9. The minimum atomic E-state index is -0.185. The molecule has 0 saturated carbocycles. The van der Waals surface area contributed by atoms with Crippen molar-refractivity contribution in [2.24, 2.45) is 20.0 Å². The van der Waals surface area contributed by atoms with Crippen molar-refractivity contribution in [3.05, 3.63) is 64.1 Å². The molecule has 0 unspecified atom stereocenters. The van der Waals surface area contributed by atoms with Gasteiger partial charge >= 0.3 is 5.69 Å². The van der Waals surface area contributed by atoms with Gasteiger partial charge in [-0.25, -0.2) is 4.79 Å². The number of hydrogen-bond donors (Lipinski definition) is 1. The normalized spacial score (nSPS) is 16.2. The molecule has 4 rings (SSSR count). The van der Waals surface area contributed by atoms with Crippen LogP contribution in [0.2, 0.25) is 0 Å². The van der Waals surface area contributed by atoms with Gasteiger partial charge in [0, 0.05) is 20.6 Å². The number of fused-ring (bicyclic) bond motifs is 2. The Morgan fingerprint density at radius 2 is 1.92 bits per heavy atom. The first-order valence-corrected chi connectivity index (χ1v) is 8.67. The van der Waals surface area contributed by atoms with Gasteiger partial charge in [-0.3, -0.25) is 13.9 Å². The number of aryl methyl sites for hydroxylation is 2. The highest BCUT2D eigenvalue weighted by Crippen LogP contribution is 2.26. The Morgan fingerprint density at radius 1 is 1.15 bits per heavy atom. The number of imidazole rings is 1. The maximum atomic E-state index is 12.5. The summed E-state index contributed by atoms with van der Waals surface area (Å²) in [5, 5.41) is 2.99. The highest BCUT2D eigenvalue weighted by molar-refractivity contribution is 5.80. The van der Waals surface area contributed by atoms with Crippen LogP contribution in [0.15, 0.2) is 47.3 Å². The van der Waals surface area contributed by atoms with Gasteiger partial charge in [-0.2, -0.15) is 0 Å². The maximum Gasteiger partial charge on any atom is 0.328 e. The Balaban J connectivity index is 1.46. The van der Waals surface area contributed by atoms with Crippen LogP contribution in [0.5, 0.6) is 5.75 Å². The van der Waals surface area contributed by atoms with Crippen LogP contribution in [0.3, 0.4) is 0 Å². The third-order valence-corrected chi connectivity index (χ3v) is 5.05. The van der Waals surface area contributed by atoms with E-state index in [4.69, 9.17) is 4.74 Å². The quantitative estimate of drug-likeness (QED) is 0.782. The molecule has 0 saturated heterocycles. The van der Waals surface area contributed by atoms with E-state index in [0.29, 0.717) is 19.6 Å². The first kappa shape index (κ1) is 16.4. The average Bonchev–Trinajstić information content (AvgIpc) is 2.89. The van der Waals surface area contributed by atoms with E-state index >= 15 is 0 Å². The average molecular weight is 351 g/mol. The van der Waals surface area contributed by atoms with E-state index in [1.165, 1.54) is 0 Å². The van der Waals surface area contributed by atoms with Crippen LogP contribution in [0, 0.1) is 5.92 Å². The van der Waals surface area contributed by atoms with Crippen LogP contribution in [0.4, 0.5) is 0 Å². The molecule has 3 aromatic rings. The smallest absolute Gasteiger partial charge is 0.328 e. The molecule has 26 heavy (non-hydrogen) atoms. The first-order valence-electron chi connectivity index (χ1n) is 8.67. The number of amides is 1. The van der Waals surface area contributed by atoms with Crippen LogP contribution in [0.25, 0.3) is 11.0 Å². The summed E-state index contributed by atoms with van der Waals surface area (Å²) < 4.78 is 8.93. The zero-order chi connectivity index (χ0) is 18.3. The number of para-hydroxylation sites is 1. The summed E-state index contributed by atoms with van der Waals surface area (Å²) in [7, 11) is 3.51. The molecule has 2 heterocycles. The van der Waals surface area contributed by atoms with Crippen LogP contribution in [0.1, 0.15) is 11.1 Å². The van der Waals surface area contributed by atoms with E-state index in [1.807, 2.05) is 42.5 Å². The Labute approximate surface area is 151 Å². The Bertz CT molecular complexity index is 1050. The summed E-state index contributed by atoms with van der Waals surface area (Å²) in [6, 6.07) is 13.6. The lowest BCUT2D eigenvalue weighted by Gasteiger charge is -2.24. The SMILES string of the molecule is Cn1c(=O)n(C)c2cc(CNC(=O)[C@@H]3COc4ccccc4C3)ccc21. The van der Waals surface area contributed by atoms with Gasteiger partial charge in [0.25, 0.3) is 0 Å². The molecular formula is C20H21N3O3. The first-order chi connectivity index (χ1) is 12.5. The second-order valence-corrected chi connectivity index (χ2v) is 6.76. The lowest BCUT2D eigenvalue weighted by molar-refractivity contribution is -0.126. The molecule has 6 heteroatoms. The molecule has 1 amide bonds. The van der Waals surface area contributed by atoms with Crippen molar-refractivity contribution in [3.63, 3.8) is 0 Å². The molecule has 2 aromatic carbocycles. The van der Waals surface area contributed by atoms with Crippen molar-refractivity contribution in [2.75, 3.05) is 6.61 Å². The summed E-state index contributed by atoms with van der Waals surface area (Å²) in [4.78, 5) is 24.5. The summed E-state index contributed by atoms with van der Waals surface area (Å²) in [6.45, 7) is 0.824. The van der Waals surface area contributed by atoms with Crippen molar-refractivity contribution in [3.8, 4) is 5.75 Å². The molecule has 134 valence electrons. The van der Waals surface area contributed by atoms with Crippen molar-refractivity contribution < 1.29 is 9.53 Å². The number of benzene rings is 2. The third-order valence-electron chi connectivity index (χ3n) is 5.05. The number of nitrogens with zero attached hydrogens (tertiary/aromatic N) is 2. The number of aromatic nitrogens is 2. The number of rotatable bonds is 3. The predicted molar refractivity (Wildman–Crippen MR) is 99.1 cm³/mol. The van der Waals surface area contributed by atoms with Crippen molar-refractivity contribution in [1.82, 2.24) is 14.5 Å². The van der Waals surface area contributed by atoms with Crippen LogP contribution in [-0.2, 0) is 31.9 Å². The standard InChI is InChI=1S/C20H21N3O3/c1-22-16-8-7-13(9-17(16)23(2)20(22)25)11-21-19(24)15-10-14-5-3-4-6-18(14)26-12-15/h3-9,15H,10-12H2,1-2H3,(H,21,24)/t15-/m0/s1. The van der Waals surface area contributed by atoms with Gasteiger partial charge in [0.05, 0.1) is 17.0 Å². The lowest BCUT2D eigenvalue weighted by Crippen LogP contribution is -2.37. The highest BCUT2D eigenvalue weighted by Gasteiger charge is 2.25. The number of nitrogens with one attached hydrogen (secondary N) is 1. The fourth-order valence-corrected chi connectivity index (χ4v) is 3.49. The molecule has 1 aromatic heterocycles. The van der Waals surface area contributed by atoms with E-state index in [9.17, 15) is 9.59 Å². The summed E-state index contributed by atoms with van der Waals surface area (Å²) in [5.41, 5.74) is 3.71. The van der Waals surface area contributed by atoms with E-state index in [-0.39, 0.29) is 17.5 Å². The summed E-state index contributed by atoms with van der Waals surface area (Å²) in [5.74, 6) is 0.670. The second kappa shape index (κ2) is 6.37. The summed E-state index contributed by atoms with van der Waals surface area (Å²) in [6.07, 6.45) is 0.689. The van der Waals surface area contributed by atoms with Gasteiger partial charge in [-0.1, -0.05) is 24.3 Å². The molecule has 0 bridgehead atoms. The molecule has 1 atom stereocenters. The number of carbonyl (C=O) groups excluding carboxylic acids is 1. The highest BCUT2D eigenvalue weighted by atomic mass is 16.5. The zero-order valence-electron chi connectivity index (χ0n) is 14.9. The van der Waals surface area contributed by atoms with Crippen LogP contribution in [-0.4, -0.2) is 21.6 Å². The fraction of sp³-hybridized carbons (Fsp3) is 0.300. The fourth-order valence-electron chi connectivity index (χ4n) is 3.49. The number of hydrogen-bond acceptors (Lipinski definition) is 3. The van der Waals surface area contributed by atoms with Crippen molar-refractivity contribution in [1.29, 1.82) is 0 Å². The largest absolute Gasteiger partial charge is 0.492 e. The monoisotopic (exact) mass is 351 g/mol. The van der Waals surface area contributed by atoms with Gasteiger partial charge in [0.2, 0.25) is 5.91 Å². The summed E-state index contributed by atoms with van der Waals surface area (Å²) >= 11 is 0. The lowest BCUT2D eigenvalue weighted by atomic mass is 9.96. The van der Waals surface area contributed by atoms with Crippen molar-refractivity contribution >= 4 is 16.9 Å². The second-order valence-electron chi connectivity index (χ2n) is 6.76. The third kappa shape index (κ3) is 2.77. The van der Waals surface area contributed by atoms with Gasteiger partial charge in [-0.15, -0.1) is 0 Å². The molecule has 0 fully saturated rings. The van der Waals surface area contributed by atoms with Gasteiger partial charge in [0.15, 0.2) is 0 Å². The molecule has 6 nitrogen and oxygen atoms in total. The van der Waals surface area contributed by atoms with Gasteiger partial charge < -0.3 is 10.1 Å². The molecule has 0 aliphatic carbocycles. The van der Waals surface area contributed by atoms with Gasteiger partial charge in [-0.05, 0) is 35.7 Å². The van der Waals surface area contributed by atoms with E-state index < -0.39 is 0 Å². The van der Waals surface area contributed by atoms with Crippen molar-refractivity contribution in [2.45, 2.75) is 13.0 Å². The molecule has 1 N–H and O–H groups in total. The Hall–Kier alpha value is -3.02.